The molecule has 2 aromatic carbocycles. The first kappa shape index (κ1) is 21.9. The maximum absolute atomic E-state index is 13.0. The van der Waals surface area contributed by atoms with Gasteiger partial charge in [-0.1, -0.05) is 42.3 Å². The Bertz CT molecular complexity index is 886. The number of para-hydroxylation sites is 1. The van der Waals surface area contributed by atoms with Crippen molar-refractivity contribution in [2.45, 2.75) is 45.4 Å². The number of fused-ring (bicyclic) bond motifs is 1. The molecule has 1 amide bonds. The van der Waals surface area contributed by atoms with Crippen LogP contribution >= 0.6 is 0 Å². The Morgan fingerprint density at radius 2 is 1.77 bits per heavy atom. The Kier molecular flexibility index (Phi) is 6.96. The number of ether oxygens (including phenoxy) is 1. The third kappa shape index (κ3) is 5.48. The molecule has 2 aromatic rings. The number of nitrogens with zero attached hydrogens (tertiary/aromatic N) is 2. The van der Waals surface area contributed by atoms with Gasteiger partial charge in [0.1, 0.15) is 12.4 Å². The first-order valence-corrected chi connectivity index (χ1v) is 11.8. The second kappa shape index (κ2) is 9.86. The lowest BCUT2D eigenvalue weighted by molar-refractivity contribution is 0.0425. The Morgan fingerprint density at radius 3 is 2.58 bits per heavy atom. The van der Waals surface area contributed by atoms with Crippen LogP contribution in [0.5, 0.6) is 5.75 Å². The summed E-state index contributed by atoms with van der Waals surface area (Å²) in [7, 11) is 2.22. The molecule has 2 aliphatic heterocycles. The number of likely N-dealkylation sites (tertiary alicyclic amines) is 1. The van der Waals surface area contributed by atoms with Crippen LogP contribution in [-0.4, -0.2) is 55.5 Å². The molecule has 0 bridgehead atoms. The van der Waals surface area contributed by atoms with Gasteiger partial charge < -0.3 is 14.5 Å². The fourth-order valence-electron chi connectivity index (χ4n) is 5.26. The maximum atomic E-state index is 13.0. The van der Waals surface area contributed by atoms with Crippen LogP contribution in [-0.2, 0) is 6.42 Å². The van der Waals surface area contributed by atoms with Gasteiger partial charge in [-0.2, -0.15) is 0 Å². The minimum atomic E-state index is 0.185. The van der Waals surface area contributed by atoms with Crippen molar-refractivity contribution in [2.75, 3.05) is 39.8 Å². The van der Waals surface area contributed by atoms with Gasteiger partial charge in [0.15, 0.2) is 0 Å². The van der Waals surface area contributed by atoms with Gasteiger partial charge in [0.2, 0.25) is 0 Å². The molecule has 4 heteroatoms. The number of hydrogen-bond acceptors (Lipinski definition) is 3. The lowest BCUT2D eigenvalue weighted by atomic mass is 9.73. The highest BCUT2D eigenvalue weighted by Crippen LogP contribution is 2.38. The van der Waals surface area contributed by atoms with Gasteiger partial charge in [0, 0.05) is 31.7 Å². The van der Waals surface area contributed by atoms with Crippen LogP contribution in [0, 0.1) is 12.3 Å². The molecule has 1 saturated heterocycles. The topological polar surface area (TPSA) is 32.8 Å². The van der Waals surface area contributed by atoms with E-state index in [2.05, 4.69) is 41.1 Å². The summed E-state index contributed by atoms with van der Waals surface area (Å²) < 4.78 is 6.12. The summed E-state index contributed by atoms with van der Waals surface area (Å²) >= 11 is 0. The average molecular weight is 421 g/mol. The molecule has 31 heavy (non-hydrogen) atoms. The third-order valence-electron chi connectivity index (χ3n) is 7.09. The zero-order valence-corrected chi connectivity index (χ0v) is 19.1. The lowest BCUT2D eigenvalue weighted by Crippen LogP contribution is -2.48. The van der Waals surface area contributed by atoms with Crippen LogP contribution in [0.2, 0.25) is 0 Å². The molecule has 4 rings (SSSR count). The van der Waals surface area contributed by atoms with E-state index in [9.17, 15) is 4.79 Å². The van der Waals surface area contributed by atoms with E-state index in [-0.39, 0.29) is 5.91 Å². The zero-order chi connectivity index (χ0) is 21.7. The van der Waals surface area contributed by atoms with E-state index < -0.39 is 0 Å². The molecule has 166 valence electrons. The van der Waals surface area contributed by atoms with Crippen molar-refractivity contribution >= 4 is 5.91 Å². The van der Waals surface area contributed by atoms with Crippen LogP contribution in [0.25, 0.3) is 0 Å². The van der Waals surface area contributed by atoms with Crippen molar-refractivity contribution in [3.05, 3.63) is 65.2 Å². The van der Waals surface area contributed by atoms with Gasteiger partial charge in [-0.25, -0.2) is 0 Å². The van der Waals surface area contributed by atoms with Crippen LogP contribution in [0.15, 0.2) is 48.5 Å². The number of carbonyl (C=O) groups is 1. The molecule has 4 nitrogen and oxygen atoms in total. The molecule has 1 fully saturated rings. The molecule has 0 N–H and O–H groups in total. The molecule has 0 radical (unpaired) electrons. The summed E-state index contributed by atoms with van der Waals surface area (Å²) in [6.07, 6.45) is 6.93. The highest BCUT2D eigenvalue weighted by atomic mass is 16.5. The van der Waals surface area contributed by atoms with E-state index in [1.807, 2.05) is 31.2 Å². The number of piperidine rings is 1. The van der Waals surface area contributed by atoms with Crippen molar-refractivity contribution in [1.82, 2.24) is 9.80 Å². The fraction of sp³-hybridized carbons (Fsp3) is 0.519. The highest BCUT2D eigenvalue weighted by Gasteiger charge is 2.36. The zero-order valence-electron chi connectivity index (χ0n) is 19.1. The quantitative estimate of drug-likeness (QED) is 0.654. The van der Waals surface area contributed by atoms with Crippen molar-refractivity contribution in [3.8, 4) is 5.75 Å². The summed E-state index contributed by atoms with van der Waals surface area (Å²) in [6, 6.07) is 16.5. The summed E-state index contributed by atoms with van der Waals surface area (Å²) in [5, 5.41) is 0. The van der Waals surface area contributed by atoms with Crippen LogP contribution in [0.4, 0.5) is 0 Å². The highest BCUT2D eigenvalue weighted by molar-refractivity contribution is 5.94. The minimum Gasteiger partial charge on any atom is -0.492 e. The molecule has 2 aliphatic rings. The summed E-state index contributed by atoms with van der Waals surface area (Å²) in [5.74, 6) is 1.24. The van der Waals surface area contributed by atoms with Crippen molar-refractivity contribution in [1.29, 1.82) is 0 Å². The van der Waals surface area contributed by atoms with E-state index in [1.54, 1.807) is 0 Å². The number of aryl methyl sites for hydroxylation is 2. The first-order valence-electron chi connectivity index (χ1n) is 11.8. The molecule has 1 spiro atoms. The van der Waals surface area contributed by atoms with E-state index in [0.29, 0.717) is 5.41 Å². The molecular weight excluding hydrogens is 384 g/mol. The van der Waals surface area contributed by atoms with Crippen molar-refractivity contribution in [2.24, 2.45) is 5.41 Å². The van der Waals surface area contributed by atoms with Crippen LogP contribution in [0.3, 0.4) is 0 Å². The van der Waals surface area contributed by atoms with Gasteiger partial charge in [-0.05, 0) is 75.3 Å². The van der Waals surface area contributed by atoms with Gasteiger partial charge >= 0.3 is 0 Å². The van der Waals surface area contributed by atoms with Crippen molar-refractivity contribution < 1.29 is 9.53 Å². The standard InChI is InChI=1S/C27H36N2O2/c1-22-8-7-11-24(20-22)26(30)29-16-14-27(15-17-29)13-6-5-10-23-9-3-4-12-25(23)31-19-18-28(2)21-27/h3-4,7-9,11-12,20H,5-6,10,13-19,21H2,1-2H3. The van der Waals surface area contributed by atoms with Crippen LogP contribution in [0.1, 0.15) is 53.6 Å². The Labute approximate surface area is 187 Å². The Balaban J connectivity index is 1.41. The monoisotopic (exact) mass is 420 g/mol. The normalized spacial score (nSPS) is 20.3. The molecule has 0 saturated carbocycles. The summed E-state index contributed by atoms with van der Waals surface area (Å²) in [5.41, 5.74) is 3.60. The lowest BCUT2D eigenvalue weighted by Gasteiger charge is -2.44. The Hall–Kier alpha value is -2.33. The smallest absolute Gasteiger partial charge is 0.253 e. The molecule has 0 atom stereocenters. The summed E-state index contributed by atoms with van der Waals surface area (Å²) in [4.78, 5) is 17.5. The molecular formula is C27H36N2O2. The predicted octanol–water partition coefficient (Wildman–Crippen LogP) is 4.95. The predicted molar refractivity (Wildman–Crippen MR) is 126 cm³/mol. The Morgan fingerprint density at radius 1 is 0.968 bits per heavy atom. The van der Waals surface area contributed by atoms with E-state index in [1.165, 1.54) is 24.8 Å². The van der Waals surface area contributed by atoms with Crippen molar-refractivity contribution in [3.63, 3.8) is 0 Å². The van der Waals surface area contributed by atoms with E-state index in [0.717, 1.165) is 68.9 Å². The second-order valence-electron chi connectivity index (χ2n) is 9.56. The molecule has 0 aliphatic carbocycles. The number of likely N-dealkylation sites (N-methyl/N-ethyl adjacent to an activating group) is 1. The molecule has 0 unspecified atom stereocenters. The number of benzene rings is 2. The average Bonchev–Trinajstić information content (AvgIpc) is 2.77. The number of hydrogen-bond donors (Lipinski definition) is 0. The maximum Gasteiger partial charge on any atom is 0.253 e. The summed E-state index contributed by atoms with van der Waals surface area (Å²) in [6.45, 7) is 6.51. The van der Waals surface area contributed by atoms with Gasteiger partial charge in [0.05, 0.1) is 0 Å². The van der Waals surface area contributed by atoms with Crippen LogP contribution < -0.4 is 4.74 Å². The number of rotatable bonds is 1. The largest absolute Gasteiger partial charge is 0.492 e. The number of carbonyl (C=O) groups excluding carboxylic acids is 1. The minimum absolute atomic E-state index is 0.185. The van der Waals surface area contributed by atoms with Gasteiger partial charge in [-0.3, -0.25) is 4.79 Å². The SMILES string of the molecule is Cc1cccc(C(=O)N2CCC3(CCCCc4ccccc4OCCN(C)C3)CC2)c1. The third-order valence-corrected chi connectivity index (χ3v) is 7.09. The molecule has 2 heterocycles. The fourth-order valence-corrected chi connectivity index (χ4v) is 5.26. The second-order valence-corrected chi connectivity index (χ2v) is 9.56. The number of amides is 1. The van der Waals surface area contributed by atoms with Gasteiger partial charge in [0.25, 0.3) is 5.91 Å². The van der Waals surface area contributed by atoms with E-state index >= 15 is 0 Å². The molecule has 0 aromatic heterocycles. The van der Waals surface area contributed by atoms with E-state index in [4.69, 9.17) is 4.74 Å². The van der Waals surface area contributed by atoms with Gasteiger partial charge in [-0.15, -0.1) is 0 Å². The first-order chi connectivity index (χ1) is 15.0.